The highest BCUT2D eigenvalue weighted by Crippen LogP contribution is 2.15. The molecule has 0 radical (unpaired) electrons. The van der Waals surface area contributed by atoms with Crippen molar-refractivity contribution in [1.29, 1.82) is 0 Å². The zero-order valence-corrected chi connectivity index (χ0v) is 10.8. The molecule has 0 aliphatic rings. The Labute approximate surface area is 111 Å². The van der Waals surface area contributed by atoms with E-state index in [-0.39, 0.29) is 6.04 Å². The number of nitrogens with one attached hydrogen (secondary N) is 1. The van der Waals surface area contributed by atoms with Gasteiger partial charge in [0.2, 0.25) is 0 Å². The van der Waals surface area contributed by atoms with Crippen LogP contribution in [0.1, 0.15) is 24.4 Å². The van der Waals surface area contributed by atoms with Gasteiger partial charge in [0.15, 0.2) is 0 Å². The fraction of sp³-hybridized carbons (Fsp3) is 0.154. The third kappa shape index (κ3) is 3.01. The molecule has 0 bridgehead atoms. The Morgan fingerprint density at radius 2 is 2.11 bits per heavy atom. The Morgan fingerprint density at radius 3 is 2.78 bits per heavy atom. The van der Waals surface area contributed by atoms with Crippen molar-refractivity contribution in [3.05, 3.63) is 54.0 Å². The maximum Gasteiger partial charge on any atom is 0.127 e. The van der Waals surface area contributed by atoms with Gasteiger partial charge in [-0.05, 0) is 31.2 Å². The van der Waals surface area contributed by atoms with Crippen LogP contribution < -0.4 is 11.1 Å². The van der Waals surface area contributed by atoms with Crippen LogP contribution in [0.4, 0.5) is 5.82 Å². The normalized spacial score (nSPS) is 11.8. The van der Waals surface area contributed by atoms with Crippen LogP contribution in [0.15, 0.2) is 42.6 Å². The van der Waals surface area contributed by atoms with E-state index in [1.807, 2.05) is 37.3 Å². The molecule has 2 rings (SSSR count). The molecule has 0 aliphatic heterocycles. The van der Waals surface area contributed by atoms with Gasteiger partial charge in [-0.2, -0.15) is 0 Å². The molecule has 5 heteroatoms. The molecule has 1 atom stereocenters. The van der Waals surface area contributed by atoms with Crippen molar-refractivity contribution in [3.63, 3.8) is 0 Å². The molecule has 0 saturated heterocycles. The summed E-state index contributed by atoms with van der Waals surface area (Å²) in [5.74, 6) is 0.735. The van der Waals surface area contributed by atoms with Crippen LogP contribution in [0.3, 0.4) is 0 Å². The molecule has 2 heterocycles. The lowest BCUT2D eigenvalue weighted by Crippen LogP contribution is -2.14. The number of thiocarbonyl (C=S) groups is 1. The van der Waals surface area contributed by atoms with Crippen molar-refractivity contribution in [3.8, 4) is 0 Å². The lowest BCUT2D eigenvalue weighted by atomic mass is 10.2. The summed E-state index contributed by atoms with van der Waals surface area (Å²) in [6.45, 7) is 2.03. The van der Waals surface area contributed by atoms with Crippen LogP contribution >= 0.6 is 12.2 Å². The fourth-order valence-corrected chi connectivity index (χ4v) is 1.69. The van der Waals surface area contributed by atoms with Gasteiger partial charge in [0, 0.05) is 6.20 Å². The predicted octanol–water partition coefficient (Wildman–Crippen LogP) is 2.28. The van der Waals surface area contributed by atoms with Crippen molar-refractivity contribution in [2.75, 3.05) is 5.32 Å². The number of nitrogens with zero attached hydrogens (tertiary/aromatic N) is 2. The van der Waals surface area contributed by atoms with Gasteiger partial charge in [0.1, 0.15) is 10.8 Å². The topological polar surface area (TPSA) is 63.8 Å². The van der Waals surface area contributed by atoms with Crippen molar-refractivity contribution < 1.29 is 0 Å². The van der Waals surface area contributed by atoms with Gasteiger partial charge < -0.3 is 11.1 Å². The zero-order chi connectivity index (χ0) is 13.0. The minimum atomic E-state index is 0.0697. The molecule has 0 saturated carbocycles. The van der Waals surface area contributed by atoms with E-state index in [9.17, 15) is 0 Å². The average molecular weight is 258 g/mol. The van der Waals surface area contributed by atoms with E-state index in [1.165, 1.54) is 0 Å². The third-order valence-corrected chi connectivity index (χ3v) is 2.71. The van der Waals surface area contributed by atoms with Crippen molar-refractivity contribution in [2.45, 2.75) is 13.0 Å². The number of nitrogens with two attached hydrogens (primary N) is 1. The first-order chi connectivity index (χ1) is 8.66. The Morgan fingerprint density at radius 1 is 1.28 bits per heavy atom. The minimum absolute atomic E-state index is 0.0697. The van der Waals surface area contributed by atoms with Gasteiger partial charge in [0.25, 0.3) is 0 Å². The highest BCUT2D eigenvalue weighted by molar-refractivity contribution is 7.80. The summed E-state index contributed by atoms with van der Waals surface area (Å²) >= 11 is 4.90. The van der Waals surface area contributed by atoms with Crippen molar-refractivity contribution in [2.24, 2.45) is 5.73 Å². The highest BCUT2D eigenvalue weighted by Gasteiger charge is 2.07. The molecule has 2 aromatic rings. The maximum absolute atomic E-state index is 5.55. The SMILES string of the molecule is CC(Nc1cccc(C(N)=S)n1)c1ccccn1. The quantitative estimate of drug-likeness (QED) is 0.824. The Bertz CT molecular complexity index is 542. The molecule has 3 N–H and O–H groups in total. The van der Waals surface area contributed by atoms with Gasteiger partial charge in [-0.1, -0.05) is 24.4 Å². The van der Waals surface area contributed by atoms with Crippen LogP contribution in [-0.2, 0) is 0 Å². The summed E-state index contributed by atoms with van der Waals surface area (Å²) in [6.07, 6.45) is 1.77. The van der Waals surface area contributed by atoms with Crippen molar-refractivity contribution in [1.82, 2.24) is 9.97 Å². The number of anilines is 1. The first-order valence-corrected chi connectivity index (χ1v) is 6.02. The van der Waals surface area contributed by atoms with Crippen LogP contribution in [0.5, 0.6) is 0 Å². The minimum Gasteiger partial charge on any atom is -0.388 e. The second-order valence-corrected chi connectivity index (χ2v) is 4.33. The maximum atomic E-state index is 5.55. The fourth-order valence-electron chi connectivity index (χ4n) is 1.58. The summed E-state index contributed by atoms with van der Waals surface area (Å²) in [6, 6.07) is 11.4. The van der Waals surface area contributed by atoms with Crippen molar-refractivity contribution >= 4 is 23.0 Å². The standard InChI is InChI=1S/C13H14N4S/c1-9(10-5-2-3-8-15-10)16-12-7-4-6-11(17-12)13(14)18/h2-9H,1H3,(H2,14,18)(H,16,17). The van der Waals surface area contributed by atoms with Gasteiger partial charge in [-0.3, -0.25) is 4.98 Å². The van der Waals surface area contributed by atoms with Gasteiger partial charge in [-0.25, -0.2) is 4.98 Å². The smallest absolute Gasteiger partial charge is 0.127 e. The van der Waals surface area contributed by atoms with E-state index in [1.54, 1.807) is 12.3 Å². The van der Waals surface area contributed by atoms with Gasteiger partial charge in [-0.15, -0.1) is 0 Å². The molecular weight excluding hydrogens is 244 g/mol. The molecule has 18 heavy (non-hydrogen) atoms. The summed E-state index contributed by atoms with van der Waals surface area (Å²) in [5, 5.41) is 3.26. The van der Waals surface area contributed by atoms with Gasteiger partial charge in [0.05, 0.1) is 17.4 Å². The second-order valence-electron chi connectivity index (χ2n) is 3.89. The molecule has 2 aromatic heterocycles. The third-order valence-electron chi connectivity index (χ3n) is 2.50. The summed E-state index contributed by atoms with van der Waals surface area (Å²) in [7, 11) is 0. The summed E-state index contributed by atoms with van der Waals surface area (Å²) in [5.41, 5.74) is 7.13. The number of hydrogen-bond donors (Lipinski definition) is 2. The molecule has 0 fully saturated rings. The molecule has 0 spiro atoms. The van der Waals surface area contributed by atoms with E-state index in [0.29, 0.717) is 10.7 Å². The number of rotatable bonds is 4. The van der Waals surface area contributed by atoms with E-state index >= 15 is 0 Å². The zero-order valence-electron chi connectivity index (χ0n) is 10.00. The number of pyridine rings is 2. The highest BCUT2D eigenvalue weighted by atomic mass is 32.1. The van der Waals surface area contributed by atoms with Crippen LogP contribution in [-0.4, -0.2) is 15.0 Å². The average Bonchev–Trinajstić information content (AvgIpc) is 2.40. The van der Waals surface area contributed by atoms with E-state index in [2.05, 4.69) is 15.3 Å². The van der Waals surface area contributed by atoms with Crippen LogP contribution in [0.25, 0.3) is 0 Å². The Hall–Kier alpha value is -2.01. The van der Waals surface area contributed by atoms with Crippen LogP contribution in [0, 0.1) is 0 Å². The summed E-state index contributed by atoms with van der Waals surface area (Å²) in [4.78, 5) is 8.92. The predicted molar refractivity (Wildman–Crippen MR) is 76.4 cm³/mol. The van der Waals surface area contributed by atoms with E-state index in [4.69, 9.17) is 18.0 Å². The van der Waals surface area contributed by atoms with Gasteiger partial charge >= 0.3 is 0 Å². The molecule has 1 unspecified atom stereocenters. The molecule has 4 nitrogen and oxygen atoms in total. The lowest BCUT2D eigenvalue weighted by molar-refractivity contribution is 0.832. The molecule has 0 aliphatic carbocycles. The molecule has 92 valence electrons. The Kier molecular flexibility index (Phi) is 3.84. The lowest BCUT2D eigenvalue weighted by Gasteiger charge is -2.14. The molecular formula is C13H14N4S. The first-order valence-electron chi connectivity index (χ1n) is 5.61. The van der Waals surface area contributed by atoms with Crippen LogP contribution in [0.2, 0.25) is 0 Å². The van der Waals surface area contributed by atoms with E-state index < -0.39 is 0 Å². The number of aromatic nitrogens is 2. The second kappa shape index (κ2) is 5.55. The largest absolute Gasteiger partial charge is 0.388 e. The molecule has 0 aromatic carbocycles. The first kappa shape index (κ1) is 12.4. The summed E-state index contributed by atoms with van der Waals surface area (Å²) < 4.78 is 0. The monoisotopic (exact) mass is 258 g/mol. The van der Waals surface area contributed by atoms with E-state index in [0.717, 1.165) is 11.5 Å². The number of hydrogen-bond acceptors (Lipinski definition) is 4. The Balaban J connectivity index is 2.14. The molecule has 0 amide bonds.